The standard InChI is InChI=1S/C15H26N2O2/c1-9(2)12-8-19-13-5-4-11(16)7-10-3-6-14(18)17(12)15(10)13/h9-13,15H,3-8,16H2,1-2H3/t10-,11-,12-,13-,15?/m1/s1. The molecule has 0 aromatic heterocycles. The van der Waals surface area contributed by atoms with Crippen molar-refractivity contribution in [3.05, 3.63) is 0 Å². The van der Waals surface area contributed by atoms with Crippen molar-refractivity contribution in [1.82, 2.24) is 4.90 Å². The van der Waals surface area contributed by atoms with Crippen LogP contribution in [0.5, 0.6) is 0 Å². The Morgan fingerprint density at radius 2 is 2.11 bits per heavy atom. The third-order valence-electron chi connectivity index (χ3n) is 5.24. The van der Waals surface area contributed by atoms with Gasteiger partial charge < -0.3 is 15.4 Å². The number of ether oxygens (including phenoxy) is 1. The summed E-state index contributed by atoms with van der Waals surface area (Å²) in [6.45, 7) is 5.08. The maximum atomic E-state index is 12.4. The minimum atomic E-state index is 0.220. The summed E-state index contributed by atoms with van der Waals surface area (Å²) in [4.78, 5) is 14.6. The van der Waals surface area contributed by atoms with E-state index < -0.39 is 0 Å². The molecule has 0 aromatic rings. The molecule has 0 bridgehead atoms. The molecule has 19 heavy (non-hydrogen) atoms. The van der Waals surface area contributed by atoms with Crippen LogP contribution < -0.4 is 5.73 Å². The molecule has 3 rings (SSSR count). The van der Waals surface area contributed by atoms with E-state index in [1.54, 1.807) is 0 Å². The molecule has 0 aromatic carbocycles. The van der Waals surface area contributed by atoms with E-state index in [-0.39, 0.29) is 24.2 Å². The predicted molar refractivity (Wildman–Crippen MR) is 73.6 cm³/mol. The molecule has 3 aliphatic rings. The van der Waals surface area contributed by atoms with Crippen LogP contribution >= 0.6 is 0 Å². The fourth-order valence-electron chi connectivity index (χ4n) is 4.20. The molecule has 3 fully saturated rings. The molecule has 2 saturated heterocycles. The Bertz CT molecular complexity index is 358. The Balaban J connectivity index is 1.91. The van der Waals surface area contributed by atoms with Gasteiger partial charge in [-0.3, -0.25) is 4.79 Å². The highest BCUT2D eigenvalue weighted by molar-refractivity contribution is 5.78. The summed E-state index contributed by atoms with van der Waals surface area (Å²) >= 11 is 0. The lowest BCUT2D eigenvalue weighted by molar-refractivity contribution is -0.173. The number of nitrogens with two attached hydrogens (primary N) is 1. The lowest BCUT2D eigenvalue weighted by Crippen LogP contribution is -2.64. The summed E-state index contributed by atoms with van der Waals surface area (Å²) in [5.41, 5.74) is 6.19. The second-order valence-electron chi connectivity index (χ2n) is 6.85. The third kappa shape index (κ3) is 2.29. The van der Waals surface area contributed by atoms with Crippen molar-refractivity contribution in [2.45, 2.75) is 70.2 Å². The normalized spacial score (nSPS) is 43.1. The topological polar surface area (TPSA) is 55.6 Å². The average molecular weight is 266 g/mol. The van der Waals surface area contributed by atoms with Gasteiger partial charge in [-0.2, -0.15) is 0 Å². The molecule has 2 heterocycles. The maximum absolute atomic E-state index is 12.4. The van der Waals surface area contributed by atoms with E-state index >= 15 is 0 Å². The molecule has 5 atom stereocenters. The third-order valence-corrected chi connectivity index (χ3v) is 5.24. The van der Waals surface area contributed by atoms with Crippen molar-refractivity contribution in [2.24, 2.45) is 17.6 Å². The molecule has 1 amide bonds. The second kappa shape index (κ2) is 5.06. The van der Waals surface area contributed by atoms with Crippen LogP contribution in [-0.4, -0.2) is 41.6 Å². The molecular weight excluding hydrogens is 240 g/mol. The molecule has 2 aliphatic heterocycles. The highest BCUT2D eigenvalue weighted by Gasteiger charge is 2.49. The number of nitrogens with zero attached hydrogens (tertiary/aromatic N) is 1. The SMILES string of the molecule is CC(C)[C@H]1CO[C@@H]2CC[C@@H](N)C[C@H]3CCC(=O)N1C32. The van der Waals surface area contributed by atoms with E-state index in [1.807, 2.05) is 0 Å². The van der Waals surface area contributed by atoms with Gasteiger partial charge in [-0.15, -0.1) is 0 Å². The van der Waals surface area contributed by atoms with E-state index in [9.17, 15) is 4.79 Å². The molecule has 1 aliphatic carbocycles. The van der Waals surface area contributed by atoms with Crippen molar-refractivity contribution < 1.29 is 9.53 Å². The van der Waals surface area contributed by atoms with Crippen LogP contribution in [0.4, 0.5) is 0 Å². The Morgan fingerprint density at radius 1 is 1.32 bits per heavy atom. The van der Waals surface area contributed by atoms with Gasteiger partial charge in [-0.1, -0.05) is 13.8 Å². The minimum Gasteiger partial charge on any atom is -0.374 e. The van der Waals surface area contributed by atoms with Crippen LogP contribution in [0, 0.1) is 11.8 Å². The number of amides is 1. The molecular formula is C15H26N2O2. The fraction of sp³-hybridized carbons (Fsp3) is 0.933. The summed E-state index contributed by atoms with van der Waals surface area (Å²) < 4.78 is 6.12. The van der Waals surface area contributed by atoms with Gasteiger partial charge in [0.1, 0.15) is 0 Å². The van der Waals surface area contributed by atoms with Gasteiger partial charge in [0.25, 0.3) is 0 Å². The molecule has 1 saturated carbocycles. The number of carbonyl (C=O) groups is 1. The van der Waals surface area contributed by atoms with Gasteiger partial charge in [0, 0.05) is 12.5 Å². The largest absolute Gasteiger partial charge is 0.374 e. The Hall–Kier alpha value is -0.610. The smallest absolute Gasteiger partial charge is 0.223 e. The highest BCUT2D eigenvalue weighted by atomic mass is 16.5. The van der Waals surface area contributed by atoms with E-state index in [0.29, 0.717) is 30.8 Å². The van der Waals surface area contributed by atoms with Crippen molar-refractivity contribution in [2.75, 3.05) is 6.61 Å². The number of carbonyl (C=O) groups excluding carboxylic acids is 1. The number of piperidine rings is 1. The zero-order valence-electron chi connectivity index (χ0n) is 12.0. The number of hydrogen-bond acceptors (Lipinski definition) is 3. The van der Waals surface area contributed by atoms with E-state index in [2.05, 4.69) is 18.7 Å². The molecule has 4 heteroatoms. The van der Waals surface area contributed by atoms with E-state index in [1.165, 1.54) is 0 Å². The first-order valence-corrected chi connectivity index (χ1v) is 7.76. The lowest BCUT2D eigenvalue weighted by Gasteiger charge is -2.52. The molecule has 2 N–H and O–H groups in total. The molecule has 108 valence electrons. The van der Waals surface area contributed by atoms with E-state index in [0.717, 1.165) is 25.7 Å². The first-order valence-electron chi connectivity index (χ1n) is 7.76. The minimum absolute atomic E-state index is 0.220. The monoisotopic (exact) mass is 266 g/mol. The van der Waals surface area contributed by atoms with E-state index in [4.69, 9.17) is 10.5 Å². The summed E-state index contributed by atoms with van der Waals surface area (Å²) in [6.07, 6.45) is 5.02. The summed E-state index contributed by atoms with van der Waals surface area (Å²) in [5, 5.41) is 0. The van der Waals surface area contributed by atoms with Gasteiger partial charge in [0.15, 0.2) is 0 Å². The Morgan fingerprint density at radius 3 is 2.84 bits per heavy atom. The molecule has 0 spiro atoms. The lowest BCUT2D eigenvalue weighted by atomic mass is 9.80. The summed E-state index contributed by atoms with van der Waals surface area (Å²) in [7, 11) is 0. The Kier molecular flexibility index (Phi) is 3.56. The highest BCUT2D eigenvalue weighted by Crippen LogP contribution is 2.40. The average Bonchev–Trinajstić information content (AvgIpc) is 2.54. The van der Waals surface area contributed by atoms with Crippen LogP contribution in [-0.2, 0) is 9.53 Å². The van der Waals surface area contributed by atoms with Crippen LogP contribution in [0.15, 0.2) is 0 Å². The summed E-state index contributed by atoms with van der Waals surface area (Å²) in [5.74, 6) is 1.34. The predicted octanol–water partition coefficient (Wildman–Crippen LogP) is 1.53. The van der Waals surface area contributed by atoms with Crippen molar-refractivity contribution in [1.29, 1.82) is 0 Å². The first-order chi connectivity index (χ1) is 9.08. The van der Waals surface area contributed by atoms with Crippen molar-refractivity contribution in [3.63, 3.8) is 0 Å². The summed E-state index contributed by atoms with van der Waals surface area (Å²) in [6, 6.07) is 0.827. The number of morpholine rings is 1. The Labute approximate surface area is 115 Å². The molecule has 0 radical (unpaired) electrons. The zero-order valence-corrected chi connectivity index (χ0v) is 12.0. The van der Waals surface area contributed by atoms with Gasteiger partial charge in [0.2, 0.25) is 5.91 Å². The molecule has 1 unspecified atom stereocenters. The maximum Gasteiger partial charge on any atom is 0.223 e. The van der Waals surface area contributed by atoms with Crippen LogP contribution in [0.3, 0.4) is 0 Å². The van der Waals surface area contributed by atoms with Crippen molar-refractivity contribution >= 4 is 5.91 Å². The van der Waals surface area contributed by atoms with Crippen LogP contribution in [0.2, 0.25) is 0 Å². The fourth-order valence-corrected chi connectivity index (χ4v) is 4.20. The number of rotatable bonds is 1. The number of hydrogen-bond donors (Lipinski definition) is 1. The van der Waals surface area contributed by atoms with Gasteiger partial charge in [-0.25, -0.2) is 0 Å². The van der Waals surface area contributed by atoms with Gasteiger partial charge in [-0.05, 0) is 37.5 Å². The molecule has 4 nitrogen and oxygen atoms in total. The second-order valence-corrected chi connectivity index (χ2v) is 6.85. The quantitative estimate of drug-likeness (QED) is 0.783. The van der Waals surface area contributed by atoms with Crippen LogP contribution in [0.25, 0.3) is 0 Å². The van der Waals surface area contributed by atoms with Crippen molar-refractivity contribution in [3.8, 4) is 0 Å². The van der Waals surface area contributed by atoms with Gasteiger partial charge in [0.05, 0.1) is 24.8 Å². The van der Waals surface area contributed by atoms with Gasteiger partial charge >= 0.3 is 0 Å². The first kappa shape index (κ1) is 13.4. The zero-order chi connectivity index (χ0) is 13.6. The van der Waals surface area contributed by atoms with Crippen LogP contribution in [0.1, 0.15) is 46.0 Å².